The van der Waals surface area contributed by atoms with Gasteiger partial charge >= 0.3 is 0 Å². The average molecular weight is 397 g/mol. The molecule has 0 aromatic carbocycles. The summed E-state index contributed by atoms with van der Waals surface area (Å²) in [5, 5.41) is 14.6. The first kappa shape index (κ1) is 18.7. The van der Waals surface area contributed by atoms with Gasteiger partial charge in [-0.05, 0) is 43.6 Å². The third-order valence-electron chi connectivity index (χ3n) is 4.37. The Labute approximate surface area is 161 Å². The molecule has 1 aliphatic heterocycles. The van der Waals surface area contributed by atoms with E-state index in [9.17, 15) is 4.79 Å². The van der Waals surface area contributed by atoms with Gasteiger partial charge in [-0.2, -0.15) is 0 Å². The van der Waals surface area contributed by atoms with E-state index < -0.39 is 0 Å². The van der Waals surface area contributed by atoms with E-state index in [4.69, 9.17) is 0 Å². The van der Waals surface area contributed by atoms with Crippen LogP contribution in [0.5, 0.6) is 0 Å². The third-order valence-corrected chi connectivity index (χ3v) is 7.31. The molecule has 1 unspecified atom stereocenters. The predicted molar refractivity (Wildman–Crippen MR) is 107 cm³/mol. The molecule has 2 aromatic heterocycles. The normalized spacial score (nSPS) is 17.6. The Bertz CT molecular complexity index is 659. The van der Waals surface area contributed by atoms with Crippen LogP contribution in [0.2, 0.25) is 0 Å². The van der Waals surface area contributed by atoms with Crippen molar-refractivity contribution in [3.63, 3.8) is 0 Å². The van der Waals surface area contributed by atoms with Crippen LogP contribution in [-0.2, 0) is 11.2 Å². The number of nitrogens with one attached hydrogen (secondary N) is 1. The lowest BCUT2D eigenvalue weighted by Gasteiger charge is -2.35. The molecule has 25 heavy (non-hydrogen) atoms. The van der Waals surface area contributed by atoms with Crippen molar-refractivity contribution in [3.8, 4) is 0 Å². The quantitative estimate of drug-likeness (QED) is 0.680. The van der Waals surface area contributed by atoms with Crippen LogP contribution < -0.4 is 5.32 Å². The molecule has 0 spiro atoms. The summed E-state index contributed by atoms with van der Waals surface area (Å²) in [5.41, 5.74) is 0. The van der Waals surface area contributed by atoms with E-state index in [1.807, 2.05) is 0 Å². The highest BCUT2D eigenvalue weighted by Gasteiger charge is 2.25. The summed E-state index contributed by atoms with van der Waals surface area (Å²) >= 11 is 4.80. The van der Waals surface area contributed by atoms with Gasteiger partial charge in [-0.3, -0.25) is 4.79 Å². The third kappa shape index (κ3) is 5.43. The molecule has 0 bridgehead atoms. The molecule has 2 aromatic rings. The Balaban J connectivity index is 1.42. The molecule has 1 aliphatic rings. The van der Waals surface area contributed by atoms with Crippen molar-refractivity contribution >= 4 is 45.5 Å². The van der Waals surface area contributed by atoms with Crippen LogP contribution in [0.3, 0.4) is 0 Å². The number of thiophene rings is 1. The van der Waals surface area contributed by atoms with Crippen molar-refractivity contribution in [2.24, 2.45) is 0 Å². The van der Waals surface area contributed by atoms with Crippen LogP contribution in [-0.4, -0.2) is 45.9 Å². The van der Waals surface area contributed by atoms with E-state index >= 15 is 0 Å². The fourth-order valence-corrected chi connectivity index (χ4v) is 5.42. The SMILES string of the molecule is CCC1CCCCN1C(=O)CSc1nnc(NCCc2cccs2)s1. The first-order chi connectivity index (χ1) is 12.3. The van der Waals surface area contributed by atoms with E-state index in [-0.39, 0.29) is 5.91 Å². The predicted octanol–water partition coefficient (Wildman–Crippen LogP) is 4.14. The first-order valence-electron chi connectivity index (χ1n) is 8.78. The number of hydrogen-bond acceptors (Lipinski definition) is 7. The minimum absolute atomic E-state index is 0.235. The molecule has 0 radical (unpaired) electrons. The summed E-state index contributed by atoms with van der Waals surface area (Å²) in [6.45, 7) is 3.93. The molecule has 5 nitrogen and oxygen atoms in total. The zero-order valence-electron chi connectivity index (χ0n) is 14.4. The summed E-state index contributed by atoms with van der Waals surface area (Å²) in [4.78, 5) is 15.9. The number of aromatic nitrogens is 2. The van der Waals surface area contributed by atoms with Gasteiger partial charge in [-0.25, -0.2) is 0 Å². The van der Waals surface area contributed by atoms with Gasteiger partial charge in [-0.15, -0.1) is 21.5 Å². The summed E-state index contributed by atoms with van der Waals surface area (Å²) < 4.78 is 0.858. The molecule has 1 amide bonds. The van der Waals surface area contributed by atoms with E-state index in [1.54, 1.807) is 11.3 Å². The number of carbonyl (C=O) groups is 1. The Hall–Kier alpha value is -1.12. The Morgan fingerprint density at radius 1 is 1.44 bits per heavy atom. The highest BCUT2D eigenvalue weighted by atomic mass is 32.2. The lowest BCUT2D eigenvalue weighted by atomic mass is 10.0. The van der Waals surface area contributed by atoms with Gasteiger partial charge in [0.05, 0.1) is 5.75 Å². The largest absolute Gasteiger partial charge is 0.360 e. The van der Waals surface area contributed by atoms with Crippen LogP contribution >= 0.6 is 34.4 Å². The summed E-state index contributed by atoms with van der Waals surface area (Å²) in [7, 11) is 0. The molecular weight excluding hydrogens is 372 g/mol. The highest BCUT2D eigenvalue weighted by Crippen LogP contribution is 2.27. The highest BCUT2D eigenvalue weighted by molar-refractivity contribution is 8.01. The second kappa shape index (κ2) is 9.54. The molecular formula is C17H24N4OS3. The molecule has 3 heterocycles. The topological polar surface area (TPSA) is 58.1 Å². The molecule has 1 saturated heterocycles. The van der Waals surface area contributed by atoms with Crippen LogP contribution in [0, 0.1) is 0 Å². The van der Waals surface area contributed by atoms with Gasteiger partial charge in [0.2, 0.25) is 11.0 Å². The lowest BCUT2D eigenvalue weighted by molar-refractivity contribution is -0.132. The van der Waals surface area contributed by atoms with Crippen molar-refractivity contribution in [2.45, 2.75) is 49.4 Å². The summed E-state index contributed by atoms with van der Waals surface area (Å²) in [6, 6.07) is 4.64. The van der Waals surface area contributed by atoms with E-state index in [1.165, 1.54) is 34.4 Å². The first-order valence-corrected chi connectivity index (χ1v) is 11.5. The number of amides is 1. The van der Waals surface area contributed by atoms with Gasteiger partial charge in [0.15, 0.2) is 4.34 Å². The number of thioether (sulfide) groups is 1. The van der Waals surface area contributed by atoms with Gasteiger partial charge in [0.1, 0.15) is 0 Å². The monoisotopic (exact) mass is 396 g/mol. The fraction of sp³-hybridized carbons (Fsp3) is 0.588. The number of carbonyl (C=O) groups excluding carboxylic acids is 1. The Morgan fingerprint density at radius 3 is 3.16 bits per heavy atom. The van der Waals surface area contributed by atoms with Gasteiger partial charge in [0.25, 0.3) is 0 Å². The fourth-order valence-electron chi connectivity index (χ4n) is 3.05. The standard InChI is InChI=1S/C17H24N4OS3/c1-2-13-6-3-4-10-21(13)15(22)12-24-17-20-19-16(25-17)18-9-8-14-7-5-11-23-14/h5,7,11,13H,2-4,6,8-10,12H2,1H3,(H,18,19). The molecule has 0 saturated carbocycles. The average Bonchev–Trinajstić information content (AvgIpc) is 3.32. The zero-order chi connectivity index (χ0) is 17.5. The maximum absolute atomic E-state index is 12.5. The number of piperidine rings is 1. The van der Waals surface area contributed by atoms with Gasteiger partial charge in [-0.1, -0.05) is 36.1 Å². The molecule has 3 rings (SSSR count). The van der Waals surface area contributed by atoms with Crippen molar-refractivity contribution in [3.05, 3.63) is 22.4 Å². The van der Waals surface area contributed by atoms with E-state index in [2.05, 4.69) is 44.9 Å². The van der Waals surface area contributed by atoms with E-state index in [0.717, 1.165) is 48.2 Å². The smallest absolute Gasteiger partial charge is 0.233 e. The van der Waals surface area contributed by atoms with Crippen LogP contribution in [0.25, 0.3) is 0 Å². The van der Waals surface area contributed by atoms with Crippen LogP contribution in [0.1, 0.15) is 37.5 Å². The number of nitrogens with zero attached hydrogens (tertiary/aromatic N) is 3. The molecule has 1 atom stereocenters. The summed E-state index contributed by atoms with van der Waals surface area (Å²) in [6.07, 6.45) is 5.56. The number of rotatable bonds is 8. The zero-order valence-corrected chi connectivity index (χ0v) is 16.9. The maximum atomic E-state index is 12.5. The minimum Gasteiger partial charge on any atom is -0.360 e. The molecule has 136 valence electrons. The van der Waals surface area contributed by atoms with Gasteiger partial charge in [0, 0.05) is 24.0 Å². The Kier molecular flexibility index (Phi) is 7.12. The minimum atomic E-state index is 0.235. The molecule has 0 aliphatic carbocycles. The second-order valence-electron chi connectivity index (χ2n) is 6.06. The van der Waals surface area contributed by atoms with Crippen LogP contribution in [0.4, 0.5) is 5.13 Å². The van der Waals surface area contributed by atoms with Crippen molar-refractivity contribution in [1.82, 2.24) is 15.1 Å². The van der Waals surface area contributed by atoms with E-state index in [0.29, 0.717) is 11.8 Å². The van der Waals surface area contributed by atoms with Gasteiger partial charge < -0.3 is 10.2 Å². The Morgan fingerprint density at radius 2 is 2.36 bits per heavy atom. The number of anilines is 1. The maximum Gasteiger partial charge on any atom is 0.233 e. The van der Waals surface area contributed by atoms with Crippen molar-refractivity contribution in [1.29, 1.82) is 0 Å². The van der Waals surface area contributed by atoms with Crippen molar-refractivity contribution in [2.75, 3.05) is 24.2 Å². The van der Waals surface area contributed by atoms with Crippen LogP contribution in [0.15, 0.2) is 21.9 Å². The summed E-state index contributed by atoms with van der Waals surface area (Å²) in [5.74, 6) is 0.694. The second-order valence-corrected chi connectivity index (χ2v) is 9.30. The number of hydrogen-bond donors (Lipinski definition) is 1. The lowest BCUT2D eigenvalue weighted by Crippen LogP contribution is -2.44. The molecule has 8 heteroatoms. The molecule has 1 N–H and O–H groups in total. The number of likely N-dealkylation sites (tertiary alicyclic amines) is 1. The molecule has 1 fully saturated rings. The van der Waals surface area contributed by atoms with Crippen molar-refractivity contribution < 1.29 is 4.79 Å².